The molecule has 0 radical (unpaired) electrons. The number of rotatable bonds is 7. The standard InChI is InChI=1S/C17H16N4OS.C3H9NO/c22-9-3-8-18-16-6-7-17-19-11-13(21(17)20-16)15-10-12-4-1-2-5-14(12)23-15;4-2-1-3-5/h1-2,4-7,10-11,22H,3,8-9H2,(H,18,20);5H,1-4H2. The summed E-state index contributed by atoms with van der Waals surface area (Å²) in [6.45, 7) is 1.68. The van der Waals surface area contributed by atoms with Gasteiger partial charge in [-0.25, -0.2) is 9.50 Å². The van der Waals surface area contributed by atoms with Crippen LogP contribution in [0.25, 0.3) is 26.3 Å². The number of nitrogens with two attached hydrogens (primary N) is 1. The van der Waals surface area contributed by atoms with Crippen LogP contribution in [-0.2, 0) is 0 Å². The highest BCUT2D eigenvalue weighted by atomic mass is 32.1. The fraction of sp³-hybridized carbons (Fsp3) is 0.300. The second-order valence-corrected chi connectivity index (χ2v) is 7.23. The molecule has 0 spiro atoms. The number of hydrogen-bond donors (Lipinski definition) is 4. The van der Waals surface area contributed by atoms with Crippen LogP contribution < -0.4 is 11.1 Å². The van der Waals surface area contributed by atoms with Gasteiger partial charge in [-0.3, -0.25) is 0 Å². The van der Waals surface area contributed by atoms with Crippen molar-refractivity contribution in [2.24, 2.45) is 5.73 Å². The molecule has 28 heavy (non-hydrogen) atoms. The van der Waals surface area contributed by atoms with E-state index in [2.05, 4.69) is 45.7 Å². The summed E-state index contributed by atoms with van der Waals surface area (Å²) in [6, 6.07) is 14.4. The largest absolute Gasteiger partial charge is 0.396 e. The lowest BCUT2D eigenvalue weighted by molar-refractivity contribution is 0.291. The van der Waals surface area contributed by atoms with Gasteiger partial charge in [-0.05, 0) is 49.0 Å². The molecule has 8 heteroatoms. The molecule has 0 unspecified atom stereocenters. The quantitative estimate of drug-likeness (QED) is 0.356. The highest BCUT2D eigenvalue weighted by Gasteiger charge is 2.11. The van der Waals surface area contributed by atoms with E-state index in [1.165, 1.54) is 10.1 Å². The average molecular weight is 400 g/mol. The van der Waals surface area contributed by atoms with Crippen LogP contribution in [-0.4, -0.2) is 51.1 Å². The van der Waals surface area contributed by atoms with Crippen molar-refractivity contribution >= 4 is 32.9 Å². The van der Waals surface area contributed by atoms with Gasteiger partial charge in [0.15, 0.2) is 5.65 Å². The number of anilines is 1. The number of thiophene rings is 1. The summed E-state index contributed by atoms with van der Waals surface area (Å²) in [4.78, 5) is 5.59. The fourth-order valence-electron chi connectivity index (χ4n) is 2.63. The summed E-state index contributed by atoms with van der Waals surface area (Å²) in [5.41, 5.74) is 6.80. The first-order valence-corrected chi connectivity index (χ1v) is 10.1. The number of nitrogens with one attached hydrogen (secondary N) is 1. The van der Waals surface area contributed by atoms with Crippen LogP contribution in [0, 0.1) is 0 Å². The molecule has 0 aliphatic carbocycles. The van der Waals surface area contributed by atoms with E-state index in [-0.39, 0.29) is 13.2 Å². The molecule has 3 heterocycles. The maximum Gasteiger partial charge on any atom is 0.154 e. The van der Waals surface area contributed by atoms with Crippen molar-refractivity contribution in [3.63, 3.8) is 0 Å². The molecule has 0 saturated heterocycles. The molecule has 0 saturated carbocycles. The van der Waals surface area contributed by atoms with Crippen molar-refractivity contribution in [2.75, 3.05) is 31.6 Å². The predicted molar refractivity (Wildman–Crippen MR) is 115 cm³/mol. The Kier molecular flexibility index (Phi) is 7.32. The lowest BCUT2D eigenvalue weighted by Crippen LogP contribution is -2.07. The van der Waals surface area contributed by atoms with Crippen LogP contribution in [0.3, 0.4) is 0 Å². The molecule has 0 bridgehead atoms. The molecule has 5 N–H and O–H groups in total. The normalized spacial score (nSPS) is 10.8. The van der Waals surface area contributed by atoms with E-state index in [1.54, 1.807) is 11.3 Å². The molecule has 4 aromatic rings. The van der Waals surface area contributed by atoms with E-state index < -0.39 is 0 Å². The second-order valence-electron chi connectivity index (χ2n) is 6.15. The molecule has 0 aliphatic rings. The van der Waals surface area contributed by atoms with Crippen LogP contribution in [0.4, 0.5) is 5.82 Å². The smallest absolute Gasteiger partial charge is 0.154 e. The third kappa shape index (κ3) is 4.85. The number of aliphatic hydroxyl groups excluding tert-OH is 2. The van der Waals surface area contributed by atoms with Crippen molar-refractivity contribution in [1.82, 2.24) is 14.6 Å². The minimum Gasteiger partial charge on any atom is -0.396 e. The maximum absolute atomic E-state index is 8.87. The molecule has 7 nitrogen and oxygen atoms in total. The molecule has 0 aliphatic heterocycles. The van der Waals surface area contributed by atoms with Crippen molar-refractivity contribution in [1.29, 1.82) is 0 Å². The fourth-order valence-corrected chi connectivity index (χ4v) is 3.69. The summed E-state index contributed by atoms with van der Waals surface area (Å²) in [5.74, 6) is 0.784. The minimum absolute atomic E-state index is 0.174. The number of benzene rings is 1. The van der Waals surface area contributed by atoms with Gasteiger partial charge in [-0.15, -0.1) is 16.4 Å². The van der Waals surface area contributed by atoms with Crippen LogP contribution in [0.2, 0.25) is 0 Å². The van der Waals surface area contributed by atoms with Gasteiger partial charge in [0.25, 0.3) is 0 Å². The number of aromatic nitrogens is 3. The van der Waals surface area contributed by atoms with E-state index in [1.807, 2.05) is 22.8 Å². The molecular weight excluding hydrogens is 374 g/mol. The van der Waals surface area contributed by atoms with Crippen molar-refractivity contribution in [3.8, 4) is 10.6 Å². The Bertz CT molecular complexity index is 979. The van der Waals surface area contributed by atoms with Crippen LogP contribution in [0.15, 0.2) is 48.7 Å². The first kappa shape index (κ1) is 20.2. The molecule has 3 aromatic heterocycles. The van der Waals surface area contributed by atoms with E-state index in [4.69, 9.17) is 15.9 Å². The Morgan fingerprint density at radius 2 is 1.89 bits per heavy atom. The number of hydrogen-bond acceptors (Lipinski definition) is 7. The molecular formula is C20H25N5O2S. The van der Waals surface area contributed by atoms with E-state index in [9.17, 15) is 0 Å². The second kappa shape index (κ2) is 10.1. The van der Waals surface area contributed by atoms with Crippen LogP contribution in [0.1, 0.15) is 12.8 Å². The summed E-state index contributed by atoms with van der Waals surface area (Å²) >= 11 is 1.74. The highest BCUT2D eigenvalue weighted by molar-refractivity contribution is 7.22. The van der Waals surface area contributed by atoms with E-state index >= 15 is 0 Å². The molecule has 4 rings (SSSR count). The Labute approximate surface area is 167 Å². The topological polar surface area (TPSA) is 109 Å². The number of imidazole rings is 1. The summed E-state index contributed by atoms with van der Waals surface area (Å²) in [5, 5.41) is 25.9. The SMILES string of the molecule is NCCCO.OCCCNc1ccc2ncc(-c3cc4ccccc4s3)n2n1. The molecule has 0 amide bonds. The third-order valence-corrected chi connectivity index (χ3v) is 5.18. The Morgan fingerprint density at radius 1 is 1.07 bits per heavy atom. The first-order chi connectivity index (χ1) is 13.8. The van der Waals surface area contributed by atoms with Crippen LogP contribution >= 0.6 is 11.3 Å². The molecule has 0 atom stereocenters. The predicted octanol–water partition coefficient (Wildman–Crippen LogP) is 2.73. The van der Waals surface area contributed by atoms with Gasteiger partial charge >= 0.3 is 0 Å². The van der Waals surface area contributed by atoms with E-state index in [0.717, 1.165) is 28.5 Å². The minimum atomic E-state index is 0.174. The lowest BCUT2D eigenvalue weighted by Gasteiger charge is -2.05. The Balaban J connectivity index is 0.000000403. The summed E-state index contributed by atoms with van der Waals surface area (Å²) < 4.78 is 3.13. The van der Waals surface area contributed by atoms with Gasteiger partial charge in [0, 0.05) is 24.5 Å². The van der Waals surface area contributed by atoms with Gasteiger partial charge in [0.1, 0.15) is 11.5 Å². The molecule has 148 valence electrons. The lowest BCUT2D eigenvalue weighted by atomic mass is 10.2. The molecule has 1 aromatic carbocycles. The molecule has 0 fully saturated rings. The van der Waals surface area contributed by atoms with Gasteiger partial charge in [-0.2, -0.15) is 0 Å². The number of fused-ring (bicyclic) bond motifs is 2. The van der Waals surface area contributed by atoms with Crippen molar-refractivity contribution < 1.29 is 10.2 Å². The van der Waals surface area contributed by atoms with Gasteiger partial charge in [0.05, 0.1) is 11.1 Å². The third-order valence-electron chi connectivity index (χ3n) is 4.04. The maximum atomic E-state index is 8.87. The Morgan fingerprint density at radius 3 is 2.61 bits per heavy atom. The summed E-state index contributed by atoms with van der Waals surface area (Å²) in [6.07, 6.45) is 3.29. The monoisotopic (exact) mass is 399 g/mol. The summed E-state index contributed by atoms with van der Waals surface area (Å²) in [7, 11) is 0. The number of nitrogens with zero attached hydrogens (tertiary/aromatic N) is 3. The highest BCUT2D eigenvalue weighted by Crippen LogP contribution is 2.33. The zero-order chi connectivity index (χ0) is 19.8. The van der Waals surface area contributed by atoms with Gasteiger partial charge in [-0.1, -0.05) is 18.2 Å². The van der Waals surface area contributed by atoms with Crippen molar-refractivity contribution in [3.05, 3.63) is 48.7 Å². The van der Waals surface area contributed by atoms with E-state index in [0.29, 0.717) is 19.5 Å². The zero-order valence-electron chi connectivity index (χ0n) is 15.6. The van der Waals surface area contributed by atoms with Crippen molar-refractivity contribution in [2.45, 2.75) is 12.8 Å². The van der Waals surface area contributed by atoms with Gasteiger partial charge < -0.3 is 21.3 Å². The van der Waals surface area contributed by atoms with Gasteiger partial charge in [0.2, 0.25) is 0 Å². The van der Waals surface area contributed by atoms with Crippen LogP contribution in [0.5, 0.6) is 0 Å². The number of aliphatic hydroxyl groups is 2. The Hall–Kier alpha value is -2.52. The average Bonchev–Trinajstić information content (AvgIpc) is 3.32. The first-order valence-electron chi connectivity index (χ1n) is 9.26. The zero-order valence-corrected chi connectivity index (χ0v) is 16.4.